The van der Waals surface area contributed by atoms with Crippen LogP contribution in [0.15, 0.2) is 36.7 Å². The van der Waals surface area contributed by atoms with Crippen LogP contribution in [0.3, 0.4) is 0 Å². The van der Waals surface area contributed by atoms with Gasteiger partial charge >= 0.3 is 0 Å². The van der Waals surface area contributed by atoms with E-state index in [2.05, 4.69) is 27.5 Å². The van der Waals surface area contributed by atoms with Crippen molar-refractivity contribution in [3.8, 4) is 17.2 Å². The number of amides is 1. The molecule has 7 heteroatoms. The Morgan fingerprint density at radius 1 is 1.25 bits per heavy atom. The average Bonchev–Trinajstić information content (AvgIpc) is 3.12. The molecule has 0 spiro atoms. The molecular formula is C21H23N5O2. The predicted octanol–water partition coefficient (Wildman–Crippen LogP) is 2.24. The van der Waals surface area contributed by atoms with E-state index < -0.39 is 6.10 Å². The molecule has 3 aromatic rings. The first kappa shape index (κ1) is 18.3. The van der Waals surface area contributed by atoms with Crippen LogP contribution >= 0.6 is 0 Å². The molecule has 28 heavy (non-hydrogen) atoms. The Hall–Kier alpha value is -3.06. The Labute approximate surface area is 163 Å². The zero-order chi connectivity index (χ0) is 19.7. The molecule has 0 aliphatic heterocycles. The molecule has 1 aliphatic rings. The van der Waals surface area contributed by atoms with Gasteiger partial charge in [0, 0.05) is 18.3 Å². The minimum atomic E-state index is -0.552. The van der Waals surface area contributed by atoms with Gasteiger partial charge in [-0.1, -0.05) is 31.2 Å². The third kappa shape index (κ3) is 3.29. The average molecular weight is 377 g/mol. The van der Waals surface area contributed by atoms with Gasteiger partial charge in [-0.05, 0) is 37.3 Å². The molecule has 1 atom stereocenters. The number of benzene rings is 1. The highest BCUT2D eigenvalue weighted by atomic mass is 16.3. The molecule has 0 saturated heterocycles. The second kappa shape index (κ2) is 7.52. The van der Waals surface area contributed by atoms with Crippen LogP contribution in [0, 0.1) is 6.92 Å². The molecule has 2 heterocycles. The molecule has 144 valence electrons. The Bertz CT molecular complexity index is 1030. The van der Waals surface area contributed by atoms with E-state index in [1.54, 1.807) is 4.68 Å². The predicted molar refractivity (Wildman–Crippen MR) is 105 cm³/mol. The quantitative estimate of drug-likeness (QED) is 0.711. The summed E-state index contributed by atoms with van der Waals surface area (Å²) in [6, 6.07) is 8.27. The zero-order valence-corrected chi connectivity index (χ0v) is 16.0. The van der Waals surface area contributed by atoms with Crippen molar-refractivity contribution in [3.05, 3.63) is 59.0 Å². The van der Waals surface area contributed by atoms with Crippen molar-refractivity contribution in [1.29, 1.82) is 0 Å². The summed E-state index contributed by atoms with van der Waals surface area (Å²) in [6.45, 7) is 3.90. The number of aliphatic hydroxyl groups is 1. The summed E-state index contributed by atoms with van der Waals surface area (Å²) in [5.74, 6) is 0.181. The Morgan fingerprint density at radius 2 is 2.04 bits per heavy atom. The monoisotopic (exact) mass is 377 g/mol. The summed E-state index contributed by atoms with van der Waals surface area (Å²) < 4.78 is 1.59. The largest absolute Gasteiger partial charge is 0.391 e. The molecule has 0 radical (unpaired) electrons. The minimum absolute atomic E-state index is 0.214. The van der Waals surface area contributed by atoms with Crippen molar-refractivity contribution < 1.29 is 9.90 Å². The van der Waals surface area contributed by atoms with Crippen molar-refractivity contribution in [3.63, 3.8) is 0 Å². The van der Waals surface area contributed by atoms with Gasteiger partial charge in [-0.2, -0.15) is 5.10 Å². The maximum absolute atomic E-state index is 12.4. The maximum Gasteiger partial charge on any atom is 0.254 e. The van der Waals surface area contributed by atoms with Crippen LogP contribution < -0.4 is 5.32 Å². The van der Waals surface area contributed by atoms with Crippen molar-refractivity contribution in [2.45, 2.75) is 39.2 Å². The topological polar surface area (TPSA) is 92.9 Å². The van der Waals surface area contributed by atoms with E-state index in [9.17, 15) is 9.90 Å². The SMILES string of the molecule is CC[C@@H](O)CNC(=O)c1cnn(-c2ncc3c(n2)-c2ccccc2CC3)c1C. The number of carbonyl (C=O) groups excluding carboxylic acids is 1. The van der Waals surface area contributed by atoms with Crippen LogP contribution in [0.5, 0.6) is 0 Å². The maximum atomic E-state index is 12.4. The Balaban J connectivity index is 1.65. The second-order valence-electron chi connectivity index (χ2n) is 7.03. The number of aryl methyl sites for hydroxylation is 2. The lowest BCUT2D eigenvalue weighted by atomic mass is 9.90. The van der Waals surface area contributed by atoms with Crippen molar-refractivity contribution in [2.24, 2.45) is 0 Å². The molecule has 1 aromatic carbocycles. The van der Waals surface area contributed by atoms with Gasteiger partial charge in [0.25, 0.3) is 11.9 Å². The van der Waals surface area contributed by atoms with Gasteiger partial charge in [-0.3, -0.25) is 4.79 Å². The van der Waals surface area contributed by atoms with Crippen molar-refractivity contribution >= 4 is 5.91 Å². The number of fused-ring (bicyclic) bond motifs is 3. The number of nitrogens with zero attached hydrogens (tertiary/aromatic N) is 4. The molecule has 2 N–H and O–H groups in total. The molecule has 1 aliphatic carbocycles. The van der Waals surface area contributed by atoms with E-state index in [1.807, 2.05) is 32.2 Å². The van der Waals surface area contributed by atoms with Gasteiger partial charge < -0.3 is 10.4 Å². The third-order valence-corrected chi connectivity index (χ3v) is 5.20. The van der Waals surface area contributed by atoms with Gasteiger partial charge in [-0.25, -0.2) is 14.6 Å². The lowest BCUT2D eigenvalue weighted by molar-refractivity contribution is 0.0913. The fourth-order valence-corrected chi connectivity index (χ4v) is 3.44. The summed E-state index contributed by atoms with van der Waals surface area (Å²) in [5.41, 5.74) is 5.57. The van der Waals surface area contributed by atoms with Crippen LogP contribution in [0.25, 0.3) is 17.2 Å². The lowest BCUT2D eigenvalue weighted by Gasteiger charge is -2.19. The summed E-state index contributed by atoms with van der Waals surface area (Å²) >= 11 is 0. The smallest absolute Gasteiger partial charge is 0.254 e. The normalized spacial score (nSPS) is 13.5. The van der Waals surface area contributed by atoms with Crippen LogP contribution in [-0.4, -0.2) is 43.4 Å². The summed E-state index contributed by atoms with van der Waals surface area (Å²) in [5, 5.41) is 16.7. The minimum Gasteiger partial charge on any atom is -0.391 e. The first-order valence-corrected chi connectivity index (χ1v) is 9.54. The standard InChI is InChI=1S/C21H23N5O2/c1-3-16(27)11-22-20(28)18-12-24-26(13(18)2)21-23-10-15-9-8-14-6-4-5-7-17(14)19(15)25-21/h4-7,10,12,16,27H,3,8-9,11H2,1-2H3,(H,22,28)/t16-/m1/s1. The van der Waals surface area contributed by atoms with Crippen LogP contribution in [0.2, 0.25) is 0 Å². The van der Waals surface area contributed by atoms with Gasteiger partial charge in [0.2, 0.25) is 0 Å². The summed E-state index contributed by atoms with van der Waals surface area (Å²) in [7, 11) is 0. The van der Waals surface area contributed by atoms with E-state index in [1.165, 1.54) is 11.8 Å². The first-order valence-electron chi connectivity index (χ1n) is 9.54. The second-order valence-corrected chi connectivity index (χ2v) is 7.03. The first-order chi connectivity index (χ1) is 13.6. The van der Waals surface area contributed by atoms with Gasteiger partial charge in [0.05, 0.1) is 29.3 Å². The van der Waals surface area contributed by atoms with E-state index in [-0.39, 0.29) is 12.5 Å². The van der Waals surface area contributed by atoms with Gasteiger partial charge in [0.15, 0.2) is 0 Å². The fraction of sp³-hybridized carbons (Fsp3) is 0.333. The molecule has 0 saturated carbocycles. The number of carbonyl (C=O) groups is 1. The molecule has 1 amide bonds. The van der Waals surface area contributed by atoms with Gasteiger partial charge in [0.1, 0.15) is 0 Å². The molecule has 4 rings (SSSR count). The van der Waals surface area contributed by atoms with Gasteiger partial charge in [-0.15, -0.1) is 0 Å². The third-order valence-electron chi connectivity index (χ3n) is 5.20. The molecular weight excluding hydrogens is 354 g/mol. The molecule has 0 unspecified atom stereocenters. The Kier molecular flexibility index (Phi) is 4.92. The van der Waals surface area contributed by atoms with E-state index >= 15 is 0 Å². The highest BCUT2D eigenvalue weighted by Crippen LogP contribution is 2.31. The lowest BCUT2D eigenvalue weighted by Crippen LogP contribution is -2.32. The number of nitrogens with one attached hydrogen (secondary N) is 1. The summed E-state index contributed by atoms with van der Waals surface area (Å²) in [6.07, 6.45) is 5.30. The molecule has 0 fully saturated rings. The van der Waals surface area contributed by atoms with Crippen LogP contribution in [-0.2, 0) is 12.8 Å². The van der Waals surface area contributed by atoms with Crippen molar-refractivity contribution in [2.75, 3.05) is 6.54 Å². The highest BCUT2D eigenvalue weighted by Gasteiger charge is 2.21. The zero-order valence-electron chi connectivity index (χ0n) is 16.0. The molecule has 2 aromatic heterocycles. The number of aliphatic hydroxyl groups excluding tert-OH is 1. The van der Waals surface area contributed by atoms with Crippen LogP contribution in [0.4, 0.5) is 0 Å². The number of aromatic nitrogens is 4. The molecule has 0 bridgehead atoms. The van der Waals surface area contributed by atoms with E-state index in [4.69, 9.17) is 4.98 Å². The van der Waals surface area contributed by atoms with Crippen LogP contribution in [0.1, 0.15) is 40.5 Å². The number of hydrogen-bond acceptors (Lipinski definition) is 5. The summed E-state index contributed by atoms with van der Waals surface area (Å²) in [4.78, 5) is 21.6. The highest BCUT2D eigenvalue weighted by molar-refractivity contribution is 5.95. The Morgan fingerprint density at radius 3 is 2.86 bits per heavy atom. The van der Waals surface area contributed by atoms with E-state index in [0.29, 0.717) is 23.6 Å². The fourth-order valence-electron chi connectivity index (χ4n) is 3.44. The van der Waals surface area contributed by atoms with E-state index in [0.717, 1.165) is 29.7 Å². The number of hydrogen-bond donors (Lipinski definition) is 2. The molecule has 7 nitrogen and oxygen atoms in total. The van der Waals surface area contributed by atoms with Crippen molar-refractivity contribution in [1.82, 2.24) is 25.1 Å². The number of rotatable bonds is 5.